The molecule has 1 N–H and O–H groups in total. The number of alkyl halides is 2. The van der Waals surface area contributed by atoms with Crippen LogP contribution in [0.4, 0.5) is 14.5 Å². The Morgan fingerprint density at radius 3 is 2.55 bits per heavy atom. The minimum absolute atomic E-state index is 0.0122. The predicted molar refractivity (Wildman–Crippen MR) is 109 cm³/mol. The van der Waals surface area contributed by atoms with Crippen molar-refractivity contribution in [1.82, 2.24) is 4.90 Å². The predicted octanol–water partition coefficient (Wildman–Crippen LogP) is 3.58. The second-order valence-corrected chi connectivity index (χ2v) is 7.30. The van der Waals surface area contributed by atoms with Crippen LogP contribution in [0.2, 0.25) is 0 Å². The molecule has 0 saturated heterocycles. The first-order valence-corrected chi connectivity index (χ1v) is 9.81. The highest BCUT2D eigenvalue weighted by Gasteiger charge is 2.35. The number of anilines is 1. The van der Waals surface area contributed by atoms with Gasteiger partial charge in [0, 0.05) is 11.4 Å². The van der Waals surface area contributed by atoms with E-state index in [0.717, 1.165) is 4.90 Å². The number of para-hydroxylation sites is 1. The molecule has 0 saturated carbocycles. The number of hydrogen-bond donors (Lipinski definition) is 1. The summed E-state index contributed by atoms with van der Waals surface area (Å²) in [5, 5.41) is 2.41. The number of carbonyl (C=O) groups excluding carboxylic acids is 4. The number of carbonyl (C=O) groups is 4. The topological polar surface area (TPSA) is 92.8 Å². The van der Waals surface area contributed by atoms with Crippen LogP contribution in [0.15, 0.2) is 60.0 Å². The van der Waals surface area contributed by atoms with Crippen LogP contribution < -0.4 is 5.32 Å². The number of ether oxygens (including phenoxy) is 1. The molecule has 0 unspecified atom stereocenters. The van der Waals surface area contributed by atoms with E-state index < -0.39 is 36.1 Å². The maximum absolute atomic E-state index is 12.6. The molecule has 2 aromatic rings. The molecule has 2 aromatic carbocycles. The van der Waals surface area contributed by atoms with E-state index in [1.54, 1.807) is 12.1 Å². The lowest BCUT2D eigenvalue weighted by Crippen LogP contribution is -2.29. The highest BCUT2D eigenvalue weighted by molar-refractivity contribution is 7.99. The Labute approximate surface area is 180 Å². The van der Waals surface area contributed by atoms with E-state index in [9.17, 15) is 28.0 Å². The third kappa shape index (κ3) is 4.97. The maximum atomic E-state index is 12.6. The number of fused-ring (bicyclic) bond motifs is 1. The average molecular weight is 446 g/mol. The van der Waals surface area contributed by atoms with Gasteiger partial charge in [0.25, 0.3) is 23.5 Å². The molecule has 7 nitrogen and oxygen atoms in total. The number of esters is 1. The third-order valence-corrected chi connectivity index (χ3v) is 5.02. The van der Waals surface area contributed by atoms with Gasteiger partial charge in [-0.1, -0.05) is 30.0 Å². The lowest BCUT2D eigenvalue weighted by atomic mass is 10.1. The van der Waals surface area contributed by atoms with Gasteiger partial charge in [-0.15, -0.1) is 6.58 Å². The molecule has 0 bridgehead atoms. The van der Waals surface area contributed by atoms with Crippen LogP contribution in [0.5, 0.6) is 0 Å². The van der Waals surface area contributed by atoms with E-state index in [4.69, 9.17) is 4.74 Å². The molecule has 0 atom stereocenters. The van der Waals surface area contributed by atoms with Gasteiger partial charge in [-0.2, -0.15) is 8.78 Å². The minimum atomic E-state index is -2.66. The van der Waals surface area contributed by atoms with Crippen LogP contribution >= 0.6 is 11.8 Å². The summed E-state index contributed by atoms with van der Waals surface area (Å²) in [5.74, 6) is -5.30. The molecule has 3 amide bonds. The Kier molecular flexibility index (Phi) is 6.81. The standard InChI is InChI=1S/C21H16F2N2O5S/c1-2-9-25-18(27)13-8-7-12(10-14(13)19(25)28)20(29)30-11-17(26)24-15-5-3-4-6-16(15)31-21(22)23/h2-8,10,21H,1,9,11H2,(H,24,26). The maximum Gasteiger partial charge on any atom is 0.338 e. The molecule has 0 fully saturated rings. The Balaban J connectivity index is 1.64. The Morgan fingerprint density at radius 1 is 1.13 bits per heavy atom. The number of amides is 3. The fraction of sp³-hybridized carbons (Fsp3) is 0.143. The van der Waals surface area contributed by atoms with Gasteiger partial charge in [0.15, 0.2) is 6.61 Å². The van der Waals surface area contributed by atoms with E-state index in [-0.39, 0.29) is 45.6 Å². The number of thioether (sulfide) groups is 1. The van der Waals surface area contributed by atoms with E-state index in [1.165, 1.54) is 36.4 Å². The molecule has 10 heteroatoms. The number of benzene rings is 2. The molecule has 1 aliphatic rings. The summed E-state index contributed by atoms with van der Waals surface area (Å²) >= 11 is 0.278. The number of rotatable bonds is 8. The van der Waals surface area contributed by atoms with Crippen molar-refractivity contribution in [2.24, 2.45) is 0 Å². The van der Waals surface area contributed by atoms with Crippen molar-refractivity contribution < 1.29 is 32.7 Å². The van der Waals surface area contributed by atoms with Crippen LogP contribution in [0.25, 0.3) is 0 Å². The third-order valence-electron chi connectivity index (χ3n) is 4.23. The fourth-order valence-corrected chi connectivity index (χ4v) is 3.48. The normalized spacial score (nSPS) is 12.7. The number of hydrogen-bond acceptors (Lipinski definition) is 6. The van der Waals surface area contributed by atoms with E-state index in [2.05, 4.69) is 11.9 Å². The summed E-state index contributed by atoms with van der Waals surface area (Å²) in [6, 6.07) is 9.88. The van der Waals surface area contributed by atoms with Gasteiger partial charge in [0.2, 0.25) is 0 Å². The van der Waals surface area contributed by atoms with Gasteiger partial charge in [-0.25, -0.2) is 4.79 Å². The summed E-state index contributed by atoms with van der Waals surface area (Å²) in [7, 11) is 0. The number of nitrogens with zero attached hydrogens (tertiary/aromatic N) is 1. The molecule has 0 aliphatic carbocycles. The summed E-state index contributed by atoms with van der Waals surface area (Å²) in [6.07, 6.45) is 1.41. The first kappa shape index (κ1) is 22.2. The van der Waals surface area contributed by atoms with Crippen molar-refractivity contribution in [3.8, 4) is 0 Å². The van der Waals surface area contributed by atoms with Gasteiger partial charge in [-0.05, 0) is 30.3 Å². The highest BCUT2D eigenvalue weighted by atomic mass is 32.2. The summed E-state index contributed by atoms with van der Waals surface area (Å²) in [4.78, 5) is 50.1. The Morgan fingerprint density at radius 2 is 1.84 bits per heavy atom. The second kappa shape index (κ2) is 9.52. The molecule has 0 radical (unpaired) electrons. The molecule has 31 heavy (non-hydrogen) atoms. The summed E-state index contributed by atoms with van der Waals surface area (Å²) < 4.78 is 30.2. The van der Waals surface area contributed by atoms with Crippen LogP contribution in [-0.4, -0.2) is 47.5 Å². The van der Waals surface area contributed by atoms with Gasteiger partial charge in [-0.3, -0.25) is 19.3 Å². The number of halogens is 2. The van der Waals surface area contributed by atoms with Crippen LogP contribution in [0, 0.1) is 0 Å². The monoisotopic (exact) mass is 446 g/mol. The molecule has 1 aliphatic heterocycles. The fourth-order valence-electron chi connectivity index (χ4n) is 2.88. The van der Waals surface area contributed by atoms with E-state index in [1.807, 2.05) is 0 Å². The molecule has 0 spiro atoms. The van der Waals surface area contributed by atoms with Crippen LogP contribution in [0.1, 0.15) is 31.1 Å². The zero-order valence-corrected chi connectivity index (χ0v) is 16.8. The lowest BCUT2D eigenvalue weighted by molar-refractivity contribution is -0.119. The van der Waals surface area contributed by atoms with Crippen LogP contribution in [0.3, 0.4) is 0 Å². The average Bonchev–Trinajstić information content (AvgIpc) is 2.98. The molecule has 1 heterocycles. The molecule has 0 aromatic heterocycles. The SMILES string of the molecule is C=CCN1C(=O)c2ccc(C(=O)OCC(=O)Nc3ccccc3SC(F)F)cc2C1=O. The number of imide groups is 1. The van der Waals surface area contributed by atoms with E-state index >= 15 is 0 Å². The molecule has 3 rings (SSSR count). The summed E-state index contributed by atoms with van der Waals surface area (Å²) in [6.45, 7) is 2.87. The van der Waals surface area contributed by atoms with Crippen molar-refractivity contribution in [1.29, 1.82) is 0 Å². The molecule has 160 valence electrons. The quantitative estimate of drug-likeness (QED) is 0.288. The van der Waals surface area contributed by atoms with Crippen molar-refractivity contribution in [3.63, 3.8) is 0 Å². The Bertz CT molecular complexity index is 1070. The van der Waals surface area contributed by atoms with Crippen LogP contribution in [-0.2, 0) is 9.53 Å². The highest BCUT2D eigenvalue weighted by Crippen LogP contribution is 2.31. The zero-order chi connectivity index (χ0) is 22.5. The van der Waals surface area contributed by atoms with Crippen molar-refractivity contribution in [2.45, 2.75) is 10.7 Å². The largest absolute Gasteiger partial charge is 0.452 e. The molecular weight excluding hydrogens is 430 g/mol. The first-order chi connectivity index (χ1) is 14.8. The lowest BCUT2D eigenvalue weighted by Gasteiger charge is -2.10. The van der Waals surface area contributed by atoms with Gasteiger partial charge in [0.1, 0.15) is 0 Å². The zero-order valence-electron chi connectivity index (χ0n) is 16.0. The molecular formula is C21H16F2N2O5S. The number of nitrogens with one attached hydrogen (secondary N) is 1. The summed E-state index contributed by atoms with van der Waals surface area (Å²) in [5.41, 5.74) is 0.373. The van der Waals surface area contributed by atoms with Gasteiger partial charge in [0.05, 0.1) is 22.4 Å². The minimum Gasteiger partial charge on any atom is -0.452 e. The Hall–Kier alpha value is -3.53. The first-order valence-electron chi connectivity index (χ1n) is 8.93. The van der Waals surface area contributed by atoms with Crippen molar-refractivity contribution in [3.05, 3.63) is 71.8 Å². The van der Waals surface area contributed by atoms with Crippen molar-refractivity contribution in [2.75, 3.05) is 18.5 Å². The van der Waals surface area contributed by atoms with E-state index in [0.29, 0.717) is 0 Å². The second-order valence-electron chi connectivity index (χ2n) is 6.27. The van der Waals surface area contributed by atoms with Gasteiger partial charge < -0.3 is 10.1 Å². The van der Waals surface area contributed by atoms with Gasteiger partial charge >= 0.3 is 5.97 Å². The smallest absolute Gasteiger partial charge is 0.338 e. The van der Waals surface area contributed by atoms with Crippen molar-refractivity contribution >= 4 is 41.1 Å².